The third-order valence-electron chi connectivity index (χ3n) is 6.03. The number of benzene rings is 3. The lowest BCUT2D eigenvalue weighted by molar-refractivity contribution is -0.479. The number of ether oxygens (including phenoxy) is 2. The summed E-state index contributed by atoms with van der Waals surface area (Å²) < 4.78 is 27.2. The third kappa shape index (κ3) is 6.49. The molecule has 8 nitrogen and oxygen atoms in total. The Bertz CT molecular complexity index is 1440. The molecule has 4 rings (SSSR count). The second-order valence-electron chi connectivity index (χ2n) is 8.81. The van der Waals surface area contributed by atoms with Crippen LogP contribution in [0.4, 0.5) is 4.39 Å². The fourth-order valence-electron chi connectivity index (χ4n) is 3.95. The zero-order valence-corrected chi connectivity index (χ0v) is 22.5. The van der Waals surface area contributed by atoms with Gasteiger partial charge in [0.15, 0.2) is 16.7 Å². The molecule has 0 N–H and O–H groups in total. The topological polar surface area (TPSA) is 92.3 Å². The minimum atomic E-state index is -0.560. The van der Waals surface area contributed by atoms with Gasteiger partial charge in [-0.25, -0.2) is 4.39 Å². The summed E-state index contributed by atoms with van der Waals surface area (Å²) in [5, 5.41) is 20.2. The molecule has 0 aliphatic carbocycles. The van der Waals surface area contributed by atoms with Gasteiger partial charge < -0.3 is 9.47 Å². The van der Waals surface area contributed by atoms with Gasteiger partial charge in [0.25, 0.3) is 0 Å². The van der Waals surface area contributed by atoms with Crippen molar-refractivity contribution in [2.45, 2.75) is 44.7 Å². The summed E-state index contributed by atoms with van der Waals surface area (Å²) in [6, 6.07) is 17.5. The molecule has 10 heteroatoms. The molecule has 0 fully saturated rings. The van der Waals surface area contributed by atoms with Crippen molar-refractivity contribution in [3.63, 3.8) is 0 Å². The van der Waals surface area contributed by atoms with E-state index >= 15 is 0 Å². The van der Waals surface area contributed by atoms with E-state index in [0.717, 1.165) is 11.3 Å². The summed E-state index contributed by atoms with van der Waals surface area (Å²) in [5.41, 5.74) is 4.57. The number of hydrogen-bond donors (Lipinski definition) is 0. The highest BCUT2D eigenvalue weighted by atomic mass is 32.2. The normalized spacial score (nSPS) is 11.8. The zero-order valence-electron chi connectivity index (χ0n) is 21.7. The van der Waals surface area contributed by atoms with Crippen molar-refractivity contribution in [2.24, 2.45) is 0 Å². The first-order valence-corrected chi connectivity index (χ1v) is 13.0. The molecule has 0 unspecified atom stereocenters. The van der Waals surface area contributed by atoms with Crippen molar-refractivity contribution in [1.82, 2.24) is 14.8 Å². The number of nitro groups is 1. The average Bonchev–Trinajstić information content (AvgIpc) is 3.24. The van der Waals surface area contributed by atoms with Gasteiger partial charge in [-0.15, -0.1) is 10.2 Å². The van der Waals surface area contributed by atoms with E-state index in [9.17, 15) is 14.5 Å². The maximum absolute atomic E-state index is 13.5. The van der Waals surface area contributed by atoms with Gasteiger partial charge in [-0.2, -0.15) is 0 Å². The molecule has 4 aromatic rings. The van der Waals surface area contributed by atoms with Crippen LogP contribution < -0.4 is 9.47 Å². The van der Waals surface area contributed by atoms with E-state index in [4.69, 9.17) is 9.47 Å². The molecule has 0 amide bonds. The molecule has 1 aromatic heterocycles. The Morgan fingerprint density at radius 1 is 1.00 bits per heavy atom. The first kappa shape index (κ1) is 27.1. The monoisotopic (exact) mass is 536 g/mol. The standard InChI is InChI=1S/C28H29FN4O4S/c1-5-36-26-15-22(10-12-25(26)37-17-21-7-6-8-23(29)14-21)27(16-32(34)35)38-28-31-30-20(4)33(28)24-11-9-18(2)19(3)13-24/h6-15,27H,5,16-17H2,1-4H3/t27-/m0/s1. The lowest BCUT2D eigenvalue weighted by atomic mass is 10.1. The van der Waals surface area contributed by atoms with Crippen molar-refractivity contribution >= 4 is 11.8 Å². The maximum Gasteiger partial charge on any atom is 0.220 e. The number of rotatable bonds is 11. The maximum atomic E-state index is 13.5. The molecule has 0 saturated heterocycles. The van der Waals surface area contributed by atoms with Crippen molar-refractivity contribution in [1.29, 1.82) is 0 Å². The minimum Gasteiger partial charge on any atom is -0.490 e. The van der Waals surface area contributed by atoms with Crippen molar-refractivity contribution in [3.05, 3.63) is 105 Å². The molecule has 1 atom stereocenters. The Morgan fingerprint density at radius 3 is 2.53 bits per heavy atom. The number of nitrogens with zero attached hydrogens (tertiary/aromatic N) is 4. The molecule has 0 spiro atoms. The van der Waals surface area contributed by atoms with Crippen LogP contribution in [-0.4, -0.2) is 32.8 Å². The molecule has 198 valence electrons. The number of halogens is 1. The zero-order chi connectivity index (χ0) is 27.2. The number of aryl methyl sites for hydroxylation is 3. The van der Waals surface area contributed by atoms with E-state index in [1.165, 1.54) is 29.5 Å². The van der Waals surface area contributed by atoms with Gasteiger partial charge in [-0.05, 0) is 86.3 Å². The lowest BCUT2D eigenvalue weighted by Gasteiger charge is -2.18. The van der Waals surface area contributed by atoms with Crippen LogP contribution in [0.5, 0.6) is 11.5 Å². The molecule has 3 aromatic carbocycles. The van der Waals surface area contributed by atoms with Gasteiger partial charge in [0, 0.05) is 10.6 Å². The van der Waals surface area contributed by atoms with Crippen molar-refractivity contribution in [2.75, 3.05) is 13.2 Å². The Balaban J connectivity index is 1.63. The van der Waals surface area contributed by atoms with E-state index in [2.05, 4.69) is 16.3 Å². The van der Waals surface area contributed by atoms with E-state index < -0.39 is 5.25 Å². The molecule has 0 saturated carbocycles. The van der Waals surface area contributed by atoms with Crippen LogP contribution in [0.3, 0.4) is 0 Å². The predicted octanol–water partition coefficient (Wildman–Crippen LogP) is 6.42. The van der Waals surface area contributed by atoms with Crippen molar-refractivity contribution in [3.8, 4) is 17.2 Å². The second kappa shape index (κ2) is 12.1. The molecule has 0 bridgehead atoms. The quantitative estimate of drug-likeness (QED) is 0.124. The number of aromatic nitrogens is 3. The molecule has 0 radical (unpaired) electrons. The van der Waals surface area contributed by atoms with Crippen LogP contribution in [0.1, 0.15) is 40.3 Å². The Labute approximate surface area is 225 Å². The summed E-state index contributed by atoms with van der Waals surface area (Å²) in [6.45, 7) is 8.00. The molecule has 38 heavy (non-hydrogen) atoms. The van der Waals surface area contributed by atoms with Gasteiger partial charge in [-0.1, -0.05) is 36.0 Å². The molecule has 0 aliphatic heterocycles. The van der Waals surface area contributed by atoms with Crippen molar-refractivity contribution < 1.29 is 18.8 Å². The predicted molar refractivity (Wildman–Crippen MR) is 144 cm³/mol. The first-order chi connectivity index (χ1) is 18.2. The lowest BCUT2D eigenvalue weighted by Crippen LogP contribution is -2.12. The van der Waals surface area contributed by atoms with Crippen LogP contribution in [-0.2, 0) is 6.61 Å². The highest BCUT2D eigenvalue weighted by Gasteiger charge is 2.25. The van der Waals surface area contributed by atoms with Crippen LogP contribution in [0, 0.1) is 36.7 Å². The fourth-order valence-corrected chi connectivity index (χ4v) is 5.12. The number of hydrogen-bond acceptors (Lipinski definition) is 7. The first-order valence-electron chi connectivity index (χ1n) is 12.2. The van der Waals surface area contributed by atoms with Gasteiger partial charge in [-0.3, -0.25) is 14.7 Å². The summed E-state index contributed by atoms with van der Waals surface area (Å²) in [7, 11) is 0. The molecule has 1 heterocycles. The Kier molecular flexibility index (Phi) is 8.62. The average molecular weight is 537 g/mol. The summed E-state index contributed by atoms with van der Waals surface area (Å²) in [5.74, 6) is 1.28. The SMILES string of the molecule is CCOc1cc([C@H](C[N+](=O)[O-])Sc2nnc(C)n2-c2ccc(C)c(C)c2)ccc1OCc1cccc(F)c1. The Hall–Kier alpha value is -3.92. The summed E-state index contributed by atoms with van der Waals surface area (Å²) >= 11 is 1.28. The Morgan fingerprint density at radius 2 is 1.82 bits per heavy atom. The van der Waals surface area contributed by atoms with E-state index in [0.29, 0.717) is 40.2 Å². The van der Waals surface area contributed by atoms with Crippen LogP contribution in [0.25, 0.3) is 5.69 Å². The van der Waals surface area contributed by atoms with Crippen LogP contribution in [0.2, 0.25) is 0 Å². The highest BCUT2D eigenvalue weighted by Crippen LogP contribution is 2.40. The minimum absolute atomic E-state index is 0.155. The molecule has 0 aliphatic rings. The van der Waals surface area contributed by atoms with E-state index in [1.54, 1.807) is 30.3 Å². The molecular formula is C28H29FN4O4S. The van der Waals surface area contributed by atoms with Crippen LogP contribution in [0.15, 0.2) is 65.8 Å². The van der Waals surface area contributed by atoms with Gasteiger partial charge in [0.2, 0.25) is 6.54 Å². The van der Waals surface area contributed by atoms with Gasteiger partial charge >= 0.3 is 0 Å². The van der Waals surface area contributed by atoms with Crippen LogP contribution >= 0.6 is 11.8 Å². The second-order valence-corrected chi connectivity index (χ2v) is 9.98. The van der Waals surface area contributed by atoms with E-state index in [1.807, 2.05) is 44.4 Å². The van der Waals surface area contributed by atoms with Gasteiger partial charge in [0.1, 0.15) is 23.5 Å². The fraction of sp³-hybridized carbons (Fsp3) is 0.286. The highest BCUT2D eigenvalue weighted by molar-refractivity contribution is 7.99. The summed E-state index contributed by atoms with van der Waals surface area (Å²) in [6.07, 6.45) is 0. The number of thioether (sulfide) groups is 1. The summed E-state index contributed by atoms with van der Waals surface area (Å²) in [4.78, 5) is 11.3. The van der Waals surface area contributed by atoms with Gasteiger partial charge in [0.05, 0.1) is 6.61 Å². The smallest absolute Gasteiger partial charge is 0.220 e. The largest absolute Gasteiger partial charge is 0.490 e. The third-order valence-corrected chi connectivity index (χ3v) is 7.21. The van der Waals surface area contributed by atoms with E-state index in [-0.39, 0.29) is 23.9 Å². The molecular weight excluding hydrogens is 507 g/mol.